The molecule has 1 fully saturated rings. The van der Waals surface area contributed by atoms with Crippen LogP contribution in [0.4, 0.5) is 0 Å². The number of rotatable bonds is 1. The summed E-state index contributed by atoms with van der Waals surface area (Å²) in [7, 11) is 0. The topological polar surface area (TPSA) is 38.7 Å². The molecule has 1 aromatic rings. The number of ether oxygens (including phenoxy) is 2. The Kier molecular flexibility index (Phi) is 3.50. The summed E-state index contributed by atoms with van der Waals surface area (Å²) in [6.45, 7) is 1.62. The van der Waals surface area contributed by atoms with Gasteiger partial charge in [0.2, 0.25) is 0 Å². The molecule has 98 valence electrons. The van der Waals surface area contributed by atoms with Gasteiger partial charge in [0.15, 0.2) is 0 Å². The molecule has 0 aliphatic carbocycles. The molecule has 3 rings (SSSR count). The van der Waals surface area contributed by atoms with Gasteiger partial charge in [0.1, 0.15) is 11.9 Å². The second kappa shape index (κ2) is 5.11. The van der Waals surface area contributed by atoms with Gasteiger partial charge in [-0.3, -0.25) is 0 Å². The largest absolute Gasteiger partial charge is 0.490 e. The minimum Gasteiger partial charge on any atom is -0.490 e. The summed E-state index contributed by atoms with van der Waals surface area (Å²) >= 11 is 4.30. The predicted molar refractivity (Wildman–Crippen MR) is 71.2 cm³/mol. The van der Waals surface area contributed by atoms with Crippen LogP contribution in [0.15, 0.2) is 23.1 Å². The van der Waals surface area contributed by atoms with E-state index >= 15 is 0 Å². The zero-order valence-corrected chi connectivity index (χ0v) is 11.1. The Balaban J connectivity index is 1.80. The molecule has 0 saturated carbocycles. The van der Waals surface area contributed by atoms with Crippen LogP contribution in [-0.2, 0) is 4.74 Å². The van der Waals surface area contributed by atoms with E-state index in [0.717, 1.165) is 42.3 Å². The minimum absolute atomic E-state index is 0.113. The third kappa shape index (κ3) is 2.37. The lowest BCUT2D eigenvalue weighted by Crippen LogP contribution is -2.36. The maximum atomic E-state index is 10.2. The van der Waals surface area contributed by atoms with E-state index in [9.17, 15) is 5.11 Å². The Bertz CT molecular complexity index is 429. The summed E-state index contributed by atoms with van der Waals surface area (Å²) in [5.74, 6) is 1.31. The van der Waals surface area contributed by atoms with Gasteiger partial charge in [0.25, 0.3) is 0 Å². The molecular formula is C14H18O3S. The van der Waals surface area contributed by atoms with Crippen LogP contribution in [0, 0.1) is 5.92 Å². The molecule has 0 spiro atoms. The van der Waals surface area contributed by atoms with E-state index in [1.165, 1.54) is 0 Å². The Hall–Kier alpha value is -0.710. The van der Waals surface area contributed by atoms with Crippen LogP contribution in [0.5, 0.6) is 5.75 Å². The van der Waals surface area contributed by atoms with Gasteiger partial charge in [-0.25, -0.2) is 0 Å². The van der Waals surface area contributed by atoms with Crippen LogP contribution < -0.4 is 4.74 Å². The Morgan fingerprint density at radius 2 is 2.00 bits per heavy atom. The third-order valence-electron chi connectivity index (χ3n) is 3.88. The number of benzene rings is 1. The van der Waals surface area contributed by atoms with E-state index < -0.39 is 6.10 Å². The Labute approximate surface area is 113 Å². The van der Waals surface area contributed by atoms with Gasteiger partial charge >= 0.3 is 0 Å². The van der Waals surface area contributed by atoms with Crippen molar-refractivity contribution in [2.45, 2.75) is 36.4 Å². The van der Waals surface area contributed by atoms with Crippen molar-refractivity contribution in [1.82, 2.24) is 0 Å². The number of hydrogen-bond donors (Lipinski definition) is 2. The summed E-state index contributed by atoms with van der Waals surface area (Å²) in [5, 5.41) is 10.2. The lowest BCUT2D eigenvalue weighted by Gasteiger charge is -2.36. The molecule has 18 heavy (non-hydrogen) atoms. The molecule has 1 aromatic carbocycles. The molecule has 0 amide bonds. The van der Waals surface area contributed by atoms with Crippen LogP contribution >= 0.6 is 12.6 Å². The summed E-state index contributed by atoms with van der Waals surface area (Å²) in [5.41, 5.74) is 0.866. The maximum Gasteiger partial charge on any atom is 0.125 e. The van der Waals surface area contributed by atoms with Crippen molar-refractivity contribution in [2.24, 2.45) is 5.92 Å². The lowest BCUT2D eigenvalue weighted by molar-refractivity contribution is -0.0151. The van der Waals surface area contributed by atoms with Crippen molar-refractivity contribution >= 4 is 12.6 Å². The first-order valence-corrected chi connectivity index (χ1v) is 6.94. The van der Waals surface area contributed by atoms with Crippen LogP contribution in [0.25, 0.3) is 0 Å². The first-order valence-electron chi connectivity index (χ1n) is 6.49. The first-order chi connectivity index (χ1) is 8.74. The monoisotopic (exact) mass is 266 g/mol. The van der Waals surface area contributed by atoms with Crippen molar-refractivity contribution in [2.75, 3.05) is 13.2 Å². The Morgan fingerprint density at radius 3 is 2.78 bits per heavy atom. The number of aliphatic hydroxyl groups excluding tert-OH is 1. The SMILES string of the molecule is OC1CC(C2CCOCC2)Oc2ccc(S)cc21. The molecule has 1 saturated heterocycles. The van der Waals surface area contributed by atoms with Crippen LogP contribution in [-0.4, -0.2) is 24.4 Å². The van der Waals surface area contributed by atoms with Gasteiger partial charge in [0, 0.05) is 36.0 Å². The van der Waals surface area contributed by atoms with Gasteiger partial charge in [0.05, 0.1) is 6.10 Å². The van der Waals surface area contributed by atoms with Gasteiger partial charge in [-0.05, 0) is 31.0 Å². The van der Waals surface area contributed by atoms with E-state index in [0.29, 0.717) is 12.3 Å². The van der Waals surface area contributed by atoms with E-state index in [-0.39, 0.29) is 6.10 Å². The summed E-state index contributed by atoms with van der Waals surface area (Å²) in [6, 6.07) is 5.71. The van der Waals surface area contributed by atoms with Gasteiger partial charge in [-0.2, -0.15) is 0 Å². The first kappa shape index (κ1) is 12.3. The van der Waals surface area contributed by atoms with Crippen molar-refractivity contribution in [3.05, 3.63) is 23.8 Å². The normalized spacial score (nSPS) is 28.6. The second-order valence-electron chi connectivity index (χ2n) is 5.08. The number of fused-ring (bicyclic) bond motifs is 1. The zero-order chi connectivity index (χ0) is 12.5. The van der Waals surface area contributed by atoms with E-state index in [4.69, 9.17) is 9.47 Å². The molecule has 2 aliphatic heterocycles. The molecule has 2 heterocycles. The van der Waals surface area contributed by atoms with Crippen molar-refractivity contribution in [3.63, 3.8) is 0 Å². The van der Waals surface area contributed by atoms with E-state index in [1.54, 1.807) is 0 Å². The fourth-order valence-corrected chi connectivity index (χ4v) is 3.05. The average molecular weight is 266 g/mol. The molecule has 2 atom stereocenters. The fraction of sp³-hybridized carbons (Fsp3) is 0.571. The smallest absolute Gasteiger partial charge is 0.125 e. The van der Waals surface area contributed by atoms with Crippen LogP contribution in [0.2, 0.25) is 0 Å². The van der Waals surface area contributed by atoms with E-state index in [1.807, 2.05) is 18.2 Å². The number of hydrogen-bond acceptors (Lipinski definition) is 4. The average Bonchev–Trinajstić information content (AvgIpc) is 2.40. The summed E-state index contributed by atoms with van der Waals surface area (Å²) in [6.07, 6.45) is 2.40. The molecule has 3 nitrogen and oxygen atoms in total. The van der Waals surface area contributed by atoms with Gasteiger partial charge in [-0.15, -0.1) is 12.6 Å². The zero-order valence-electron chi connectivity index (χ0n) is 10.2. The van der Waals surface area contributed by atoms with Crippen molar-refractivity contribution < 1.29 is 14.6 Å². The summed E-state index contributed by atoms with van der Waals surface area (Å²) in [4.78, 5) is 0.862. The van der Waals surface area contributed by atoms with Crippen molar-refractivity contribution in [1.29, 1.82) is 0 Å². The van der Waals surface area contributed by atoms with Crippen LogP contribution in [0.1, 0.15) is 30.9 Å². The second-order valence-corrected chi connectivity index (χ2v) is 5.60. The highest BCUT2D eigenvalue weighted by molar-refractivity contribution is 7.80. The number of thiol groups is 1. The standard InChI is InChI=1S/C14H18O3S/c15-12-8-14(9-3-5-16-6-4-9)17-13-2-1-10(18)7-11(12)13/h1-2,7,9,12,14-15,18H,3-6,8H2. The highest BCUT2D eigenvalue weighted by Gasteiger charge is 2.33. The highest BCUT2D eigenvalue weighted by atomic mass is 32.1. The molecular weight excluding hydrogens is 248 g/mol. The quantitative estimate of drug-likeness (QED) is 0.767. The Morgan fingerprint density at radius 1 is 1.22 bits per heavy atom. The molecule has 0 radical (unpaired) electrons. The third-order valence-corrected chi connectivity index (χ3v) is 4.16. The van der Waals surface area contributed by atoms with Crippen LogP contribution in [0.3, 0.4) is 0 Å². The van der Waals surface area contributed by atoms with Crippen molar-refractivity contribution in [3.8, 4) is 5.75 Å². The molecule has 4 heteroatoms. The fourth-order valence-electron chi connectivity index (χ4n) is 2.84. The maximum absolute atomic E-state index is 10.2. The molecule has 2 unspecified atom stereocenters. The molecule has 2 aliphatic rings. The molecule has 0 bridgehead atoms. The predicted octanol–water partition coefficient (Wildman–Crippen LogP) is 2.59. The highest BCUT2D eigenvalue weighted by Crippen LogP contribution is 2.39. The minimum atomic E-state index is -0.436. The van der Waals surface area contributed by atoms with Gasteiger partial charge in [-0.1, -0.05) is 0 Å². The number of aliphatic hydroxyl groups is 1. The van der Waals surface area contributed by atoms with E-state index in [2.05, 4.69) is 12.6 Å². The molecule has 1 N–H and O–H groups in total. The van der Waals surface area contributed by atoms with Gasteiger partial charge < -0.3 is 14.6 Å². The lowest BCUT2D eigenvalue weighted by atomic mass is 9.87. The molecule has 0 aromatic heterocycles. The summed E-state index contributed by atoms with van der Waals surface area (Å²) < 4.78 is 11.4.